The molecule has 2 rings (SSSR count). The molecule has 0 unspecified atom stereocenters. The molecule has 1 saturated heterocycles. The molecule has 1 heterocycles. The van der Waals surface area contributed by atoms with E-state index < -0.39 is 161 Å². The summed E-state index contributed by atoms with van der Waals surface area (Å²) in [7, 11) is 11.4. The number of carbonyl (C=O) groups is 11. The van der Waals surface area contributed by atoms with Crippen molar-refractivity contribution in [2.45, 2.75) is 235 Å². The zero-order valence-electron chi connectivity index (χ0n) is 61.8. The lowest BCUT2D eigenvalue weighted by Gasteiger charge is -2.41. The summed E-state index contributed by atoms with van der Waals surface area (Å²) in [6.07, 6.45) is 2.60. The Kier molecular flexibility index (Phi) is 33.5. The lowest BCUT2D eigenvalue weighted by molar-refractivity contribution is -0.157. The molecule has 0 aromatic heterocycles. The Bertz CT molecular complexity index is 2790. The summed E-state index contributed by atoms with van der Waals surface area (Å²) in [6.45, 7) is 29.0. The van der Waals surface area contributed by atoms with E-state index in [1.165, 1.54) is 82.8 Å². The Labute approximate surface area is 566 Å². The van der Waals surface area contributed by atoms with Crippen molar-refractivity contribution in [1.82, 2.24) is 55.6 Å². The smallest absolute Gasteiger partial charge is 0.246 e. The van der Waals surface area contributed by atoms with Gasteiger partial charge in [-0.25, -0.2) is 0 Å². The van der Waals surface area contributed by atoms with Crippen molar-refractivity contribution >= 4 is 65.0 Å². The van der Waals surface area contributed by atoms with Crippen molar-refractivity contribution in [3.63, 3.8) is 0 Å². The number of rotatable bonds is 19. The zero-order valence-corrected chi connectivity index (χ0v) is 61.8. The van der Waals surface area contributed by atoms with Crippen molar-refractivity contribution in [3.8, 4) is 5.75 Å². The summed E-state index contributed by atoms with van der Waals surface area (Å²) in [4.78, 5) is 171. The van der Waals surface area contributed by atoms with Crippen LogP contribution in [0.2, 0.25) is 0 Å². The van der Waals surface area contributed by atoms with E-state index in [9.17, 15) is 38.7 Å². The second kappa shape index (κ2) is 38.0. The van der Waals surface area contributed by atoms with Gasteiger partial charge in [0.2, 0.25) is 65.0 Å². The van der Waals surface area contributed by atoms with Gasteiger partial charge in [-0.3, -0.25) is 52.7 Å². The number of hydrogen-bond acceptors (Lipinski definition) is 14. The van der Waals surface area contributed by atoms with E-state index in [1.807, 2.05) is 53.7 Å². The average molecular weight is 1340 g/mol. The molecule has 25 nitrogen and oxygen atoms in total. The number of carbonyl (C=O) groups excluding carboxylic acids is 11. The number of aliphatic hydroxyl groups is 1. The van der Waals surface area contributed by atoms with Crippen LogP contribution < -0.4 is 26.0 Å². The summed E-state index contributed by atoms with van der Waals surface area (Å²) in [5.41, 5.74) is -0.349. The SMILES string of the molecule is CC=CC[C@@H](C)[C@@H](O)[C@H]1C(=O)N[C@@H](CC)C(=O)N(C)CC(=O)N(C)[C@@H](CC(C)(C)OCc2ccc(OC)cc2)C(=O)N[C@@H](C(C)C)C(=O)N(C)[C@@H](CC(C)C)C(=O)N[C@@H](C)C(=O)N[C@H](C)C(=O)N(C)[C@@H](CC(C)C)C(=O)N(C)[C@@H](CC(C)C)C(=O)N(C)[C@@H](C(C)C)C(=O)N1C. The van der Waals surface area contributed by atoms with Crippen LogP contribution in [0.1, 0.15) is 162 Å². The second-order valence-electron chi connectivity index (χ2n) is 28.6. The largest absolute Gasteiger partial charge is 0.497 e. The van der Waals surface area contributed by atoms with Crippen LogP contribution in [0.25, 0.3) is 0 Å². The Morgan fingerprint density at radius 3 is 1.51 bits per heavy atom. The van der Waals surface area contributed by atoms with Crippen LogP contribution in [0.5, 0.6) is 5.75 Å². The number of likely N-dealkylation sites (N-methyl/N-ethyl adjacent to an activating group) is 7. The summed E-state index contributed by atoms with van der Waals surface area (Å²) in [5, 5.41) is 23.3. The molecule has 538 valence electrons. The van der Waals surface area contributed by atoms with Gasteiger partial charge in [0.1, 0.15) is 66.2 Å². The first-order chi connectivity index (χ1) is 44.0. The van der Waals surface area contributed by atoms with Crippen molar-refractivity contribution in [3.05, 3.63) is 42.0 Å². The third kappa shape index (κ3) is 23.9. The van der Waals surface area contributed by atoms with E-state index in [0.29, 0.717) is 12.2 Å². The monoisotopic (exact) mass is 1340 g/mol. The van der Waals surface area contributed by atoms with Crippen LogP contribution in [-0.4, -0.2) is 239 Å². The first kappa shape index (κ1) is 83.9. The van der Waals surface area contributed by atoms with E-state index >= 15 is 19.2 Å². The van der Waals surface area contributed by atoms with E-state index in [4.69, 9.17) is 9.47 Å². The molecule has 95 heavy (non-hydrogen) atoms. The minimum Gasteiger partial charge on any atom is -0.497 e. The molecule has 0 radical (unpaired) electrons. The van der Waals surface area contributed by atoms with Crippen LogP contribution in [0, 0.1) is 35.5 Å². The Balaban J connectivity index is 3.03. The highest BCUT2D eigenvalue weighted by Gasteiger charge is 2.46. The number of nitrogens with zero attached hydrogens (tertiary/aromatic N) is 7. The number of aliphatic hydroxyl groups excluding tert-OH is 1. The van der Waals surface area contributed by atoms with Gasteiger partial charge in [-0.05, 0) is 120 Å². The summed E-state index contributed by atoms with van der Waals surface area (Å²) in [5.74, 6) is -9.50. The standard InChI is InChI=1S/C70H119N11O14/c1-26-28-29-45(13)59(83)58-63(87)73-50(27-2)65(89)75(18)38-55(82)76(19)54(37-70(16,17)95-39-48-30-32-49(94-25)33-31-48)62(86)74-56(43(9)10)68(92)77(20)51(34-40(3)4)61(85)71-46(14)60(84)72-47(15)64(88)78(21)52(35-41(5)6)66(90)79(22)53(36-42(7)8)67(91)80(23)57(44(11)12)69(93)81(58)24/h26,28,30-33,40-47,50-54,56-59,83H,27,29,34-39H2,1-25H3,(H,71,85)(H,72,84)(H,73,87)(H,74,86)/t45-,46+,47-,50+,51+,52+,53+,54+,56+,57+,58+,59-/m1/s1. The lowest BCUT2D eigenvalue weighted by atomic mass is 9.91. The van der Waals surface area contributed by atoms with Crippen LogP contribution in [-0.2, 0) is 64.1 Å². The predicted molar refractivity (Wildman–Crippen MR) is 365 cm³/mol. The zero-order chi connectivity index (χ0) is 73.0. The average Bonchev–Trinajstić information content (AvgIpc) is 0.816. The minimum atomic E-state index is -1.64. The number of benzene rings is 1. The quantitative estimate of drug-likeness (QED) is 0.118. The maximum atomic E-state index is 15.3. The molecule has 0 spiro atoms. The molecule has 1 fully saturated rings. The van der Waals surface area contributed by atoms with Crippen LogP contribution >= 0.6 is 0 Å². The van der Waals surface area contributed by atoms with Gasteiger partial charge in [-0.1, -0.05) is 107 Å². The van der Waals surface area contributed by atoms with Gasteiger partial charge in [-0.15, -0.1) is 0 Å². The second-order valence-corrected chi connectivity index (χ2v) is 28.6. The molecular formula is C70H119N11O14. The molecule has 0 bridgehead atoms. The molecule has 1 aromatic carbocycles. The molecular weight excluding hydrogens is 1220 g/mol. The molecule has 1 aliphatic rings. The van der Waals surface area contributed by atoms with E-state index in [2.05, 4.69) is 21.3 Å². The molecule has 12 atom stereocenters. The van der Waals surface area contributed by atoms with Crippen molar-refractivity contribution in [2.75, 3.05) is 63.0 Å². The number of ether oxygens (including phenoxy) is 2. The van der Waals surface area contributed by atoms with Crippen LogP contribution in [0.3, 0.4) is 0 Å². The van der Waals surface area contributed by atoms with E-state index in [1.54, 1.807) is 93.7 Å². The number of amides is 11. The van der Waals surface area contributed by atoms with Gasteiger partial charge < -0.3 is 70.1 Å². The first-order valence-corrected chi connectivity index (χ1v) is 33.6. The lowest BCUT2D eigenvalue weighted by Crippen LogP contribution is -2.63. The highest BCUT2D eigenvalue weighted by molar-refractivity contribution is 5.99. The van der Waals surface area contributed by atoms with Gasteiger partial charge in [0.15, 0.2) is 0 Å². The Morgan fingerprint density at radius 2 is 1.02 bits per heavy atom. The fourth-order valence-corrected chi connectivity index (χ4v) is 11.7. The third-order valence-corrected chi connectivity index (χ3v) is 17.9. The van der Waals surface area contributed by atoms with Gasteiger partial charge in [-0.2, -0.15) is 0 Å². The highest BCUT2D eigenvalue weighted by Crippen LogP contribution is 2.27. The summed E-state index contributed by atoms with van der Waals surface area (Å²) < 4.78 is 11.7. The van der Waals surface area contributed by atoms with Crippen molar-refractivity contribution in [1.29, 1.82) is 0 Å². The summed E-state index contributed by atoms with van der Waals surface area (Å²) >= 11 is 0. The van der Waals surface area contributed by atoms with Crippen LogP contribution in [0.15, 0.2) is 36.4 Å². The maximum Gasteiger partial charge on any atom is 0.246 e. The topological polar surface area (TPSA) is 297 Å². The van der Waals surface area contributed by atoms with Gasteiger partial charge >= 0.3 is 0 Å². The van der Waals surface area contributed by atoms with Gasteiger partial charge in [0.05, 0.1) is 32.0 Å². The van der Waals surface area contributed by atoms with Gasteiger partial charge in [0.25, 0.3) is 0 Å². The molecule has 11 amide bonds. The van der Waals surface area contributed by atoms with E-state index in [0.717, 1.165) is 20.3 Å². The molecule has 0 aliphatic carbocycles. The fraction of sp³-hybridized carbons (Fsp3) is 0.729. The molecule has 1 aromatic rings. The van der Waals surface area contributed by atoms with Gasteiger partial charge in [0, 0.05) is 55.8 Å². The van der Waals surface area contributed by atoms with Crippen molar-refractivity contribution < 1.29 is 67.3 Å². The first-order valence-electron chi connectivity index (χ1n) is 33.6. The van der Waals surface area contributed by atoms with Crippen molar-refractivity contribution in [2.24, 2.45) is 35.5 Å². The fourth-order valence-electron chi connectivity index (χ4n) is 11.7. The van der Waals surface area contributed by atoms with Crippen LogP contribution in [0.4, 0.5) is 0 Å². The Hall–Kier alpha value is -7.15. The molecule has 1 aliphatic heterocycles. The third-order valence-electron chi connectivity index (χ3n) is 17.9. The number of nitrogens with one attached hydrogen (secondary N) is 4. The molecule has 25 heteroatoms. The Morgan fingerprint density at radius 1 is 0.547 bits per heavy atom. The maximum absolute atomic E-state index is 15.3. The number of hydrogen-bond donors (Lipinski definition) is 5. The number of methoxy groups -OCH3 is 1. The summed E-state index contributed by atoms with van der Waals surface area (Å²) in [6, 6.07) is -5.70. The highest BCUT2D eigenvalue weighted by atomic mass is 16.5. The minimum absolute atomic E-state index is 0.0125. The van der Waals surface area contributed by atoms with E-state index in [-0.39, 0.29) is 56.5 Å². The normalized spacial score (nSPS) is 25.4. The molecule has 0 saturated carbocycles. The molecule has 5 N–H and O–H groups in total. The predicted octanol–water partition coefficient (Wildman–Crippen LogP) is 4.62. The number of allylic oxidation sites excluding steroid dienone is 2.